The van der Waals surface area contributed by atoms with E-state index >= 15 is 0 Å². The fraction of sp³-hybridized carbons (Fsp3) is 0.889. The summed E-state index contributed by atoms with van der Waals surface area (Å²) in [6.45, 7) is 7.79. The average molecular weight is 172 g/mol. The number of rotatable bonds is 0. The highest BCUT2D eigenvalue weighted by atomic mass is 16.2. The number of piperazine rings is 1. The molecule has 0 aliphatic carbocycles. The average Bonchev–Trinajstić information content (AvgIpc) is 2.12. The van der Waals surface area contributed by atoms with Crippen molar-refractivity contribution < 1.29 is 4.79 Å². The maximum atomic E-state index is 11.2. The van der Waals surface area contributed by atoms with E-state index in [1.165, 1.54) is 0 Å². The number of hydrogen-bond acceptors (Lipinski definition) is 2. The van der Waals surface area contributed by atoms with Gasteiger partial charge in [0.25, 0.3) is 0 Å². The second-order valence-electron chi connectivity index (χ2n) is 2.92. The number of nitrogens with zero attached hydrogens (tertiary/aromatic N) is 2. The van der Waals surface area contributed by atoms with E-state index in [1.807, 2.05) is 34.9 Å². The Labute approximate surface area is 75.3 Å². The van der Waals surface area contributed by atoms with Crippen LogP contribution in [0.2, 0.25) is 0 Å². The molecule has 1 aliphatic rings. The second-order valence-corrected chi connectivity index (χ2v) is 2.92. The van der Waals surface area contributed by atoms with Crippen LogP contribution in [0.15, 0.2) is 0 Å². The lowest BCUT2D eigenvalue weighted by Gasteiger charge is -2.34. The Morgan fingerprint density at radius 2 is 1.75 bits per heavy atom. The summed E-state index contributed by atoms with van der Waals surface area (Å²) < 4.78 is 0. The molecule has 1 aliphatic heterocycles. The van der Waals surface area contributed by atoms with Crippen molar-refractivity contribution in [3.63, 3.8) is 0 Å². The van der Waals surface area contributed by atoms with Crippen LogP contribution < -0.4 is 0 Å². The molecule has 1 fully saturated rings. The zero-order chi connectivity index (χ0) is 9.72. The number of likely N-dealkylation sites (N-methyl/N-ethyl adjacent to an activating group) is 2. The zero-order valence-electron chi connectivity index (χ0n) is 8.79. The van der Waals surface area contributed by atoms with Crippen LogP contribution in [0.5, 0.6) is 0 Å². The second kappa shape index (κ2) is 5.14. The molecule has 0 aromatic heterocycles. The summed E-state index contributed by atoms with van der Waals surface area (Å²) in [4.78, 5) is 15.1. The van der Waals surface area contributed by atoms with Crippen molar-refractivity contribution >= 4 is 5.91 Å². The summed E-state index contributed by atoms with van der Waals surface area (Å²) in [5, 5.41) is 0. The van der Waals surface area contributed by atoms with Gasteiger partial charge >= 0.3 is 0 Å². The highest BCUT2D eigenvalue weighted by Gasteiger charge is 2.25. The third kappa shape index (κ3) is 2.48. The van der Waals surface area contributed by atoms with Crippen LogP contribution in [-0.2, 0) is 4.79 Å². The minimum Gasteiger partial charge on any atom is -0.343 e. The van der Waals surface area contributed by atoms with Gasteiger partial charge in [-0.15, -0.1) is 0 Å². The first-order chi connectivity index (χ1) is 5.63. The van der Waals surface area contributed by atoms with Crippen LogP contribution in [0.25, 0.3) is 0 Å². The predicted octanol–water partition coefficient (Wildman–Crippen LogP) is 0.805. The van der Waals surface area contributed by atoms with E-state index in [9.17, 15) is 4.79 Å². The summed E-state index contributed by atoms with van der Waals surface area (Å²) in [6, 6.07) is 0.0683. The largest absolute Gasteiger partial charge is 0.343 e. The first kappa shape index (κ1) is 11.4. The van der Waals surface area contributed by atoms with Gasteiger partial charge < -0.3 is 4.90 Å². The molecule has 0 unspecified atom stereocenters. The molecule has 1 rings (SSSR count). The fourth-order valence-electron chi connectivity index (χ4n) is 1.12. The summed E-state index contributed by atoms with van der Waals surface area (Å²) in [6.07, 6.45) is 0. The van der Waals surface area contributed by atoms with Crippen LogP contribution in [0.4, 0.5) is 0 Å². The number of carbonyl (C=O) groups is 1. The Hall–Kier alpha value is -0.570. The lowest BCUT2D eigenvalue weighted by molar-refractivity contribution is -0.138. The van der Waals surface area contributed by atoms with Crippen molar-refractivity contribution in [1.82, 2.24) is 9.80 Å². The fourth-order valence-corrected chi connectivity index (χ4v) is 1.12. The summed E-state index contributed by atoms with van der Waals surface area (Å²) >= 11 is 0. The van der Waals surface area contributed by atoms with Crippen LogP contribution in [0.1, 0.15) is 20.8 Å². The minimum absolute atomic E-state index is 0.0683. The van der Waals surface area contributed by atoms with Crippen molar-refractivity contribution in [3.05, 3.63) is 0 Å². The van der Waals surface area contributed by atoms with E-state index in [0.717, 1.165) is 13.1 Å². The van der Waals surface area contributed by atoms with Gasteiger partial charge in [-0.25, -0.2) is 0 Å². The van der Waals surface area contributed by atoms with Gasteiger partial charge in [-0.1, -0.05) is 13.8 Å². The third-order valence-electron chi connectivity index (χ3n) is 2.18. The van der Waals surface area contributed by atoms with Crippen LogP contribution in [-0.4, -0.2) is 48.9 Å². The lowest BCUT2D eigenvalue weighted by atomic mass is 10.2. The van der Waals surface area contributed by atoms with Gasteiger partial charge in [-0.2, -0.15) is 0 Å². The molecule has 1 heterocycles. The SMILES string of the molecule is CC.C[C@H]1C(=O)N(C)CCN1C. The topological polar surface area (TPSA) is 23.6 Å². The van der Waals surface area contributed by atoms with Gasteiger partial charge in [0.2, 0.25) is 5.91 Å². The van der Waals surface area contributed by atoms with Crippen LogP contribution in [0, 0.1) is 0 Å². The normalized spacial score (nSPS) is 24.9. The smallest absolute Gasteiger partial charge is 0.239 e. The molecule has 1 saturated heterocycles. The van der Waals surface area contributed by atoms with Crippen molar-refractivity contribution in [2.24, 2.45) is 0 Å². The third-order valence-corrected chi connectivity index (χ3v) is 2.18. The van der Waals surface area contributed by atoms with E-state index in [1.54, 1.807) is 4.90 Å². The highest BCUT2D eigenvalue weighted by molar-refractivity contribution is 5.81. The molecule has 3 nitrogen and oxygen atoms in total. The molecule has 1 amide bonds. The monoisotopic (exact) mass is 172 g/mol. The van der Waals surface area contributed by atoms with Gasteiger partial charge in [0.1, 0.15) is 0 Å². The predicted molar refractivity (Wildman–Crippen MR) is 51.1 cm³/mol. The summed E-state index contributed by atoms with van der Waals surface area (Å²) in [7, 11) is 3.83. The molecule has 0 saturated carbocycles. The maximum absolute atomic E-state index is 11.2. The molecule has 0 aromatic rings. The summed E-state index contributed by atoms with van der Waals surface area (Å²) in [5.41, 5.74) is 0. The van der Waals surface area contributed by atoms with Crippen LogP contribution >= 0.6 is 0 Å². The first-order valence-corrected chi connectivity index (χ1v) is 4.58. The Kier molecular flexibility index (Phi) is 4.90. The number of carbonyl (C=O) groups excluding carboxylic acids is 1. The van der Waals surface area contributed by atoms with E-state index in [0.29, 0.717) is 0 Å². The Morgan fingerprint density at radius 3 is 2.17 bits per heavy atom. The molecular formula is C9H20N2O. The molecule has 0 radical (unpaired) electrons. The quantitative estimate of drug-likeness (QED) is 0.540. The Morgan fingerprint density at radius 1 is 1.25 bits per heavy atom. The van der Waals surface area contributed by atoms with Gasteiger partial charge in [0.15, 0.2) is 0 Å². The van der Waals surface area contributed by atoms with Crippen molar-refractivity contribution in [2.75, 3.05) is 27.2 Å². The zero-order valence-corrected chi connectivity index (χ0v) is 8.79. The molecule has 0 N–H and O–H groups in total. The Balaban J connectivity index is 0.000000561. The first-order valence-electron chi connectivity index (χ1n) is 4.58. The van der Waals surface area contributed by atoms with Crippen molar-refractivity contribution in [1.29, 1.82) is 0 Å². The van der Waals surface area contributed by atoms with E-state index in [2.05, 4.69) is 4.90 Å². The standard InChI is InChI=1S/C7H14N2O.C2H6/c1-6-7(10)9(3)5-4-8(6)2;1-2/h6H,4-5H2,1-3H3;1-2H3/t6-;/m0./s1. The van der Waals surface area contributed by atoms with Gasteiger partial charge in [0, 0.05) is 20.1 Å². The van der Waals surface area contributed by atoms with E-state index in [-0.39, 0.29) is 11.9 Å². The van der Waals surface area contributed by atoms with Gasteiger partial charge in [-0.3, -0.25) is 9.69 Å². The molecule has 12 heavy (non-hydrogen) atoms. The van der Waals surface area contributed by atoms with Gasteiger partial charge in [-0.05, 0) is 14.0 Å². The Bertz CT molecular complexity index is 147. The maximum Gasteiger partial charge on any atom is 0.239 e. The van der Waals surface area contributed by atoms with Crippen molar-refractivity contribution in [2.45, 2.75) is 26.8 Å². The van der Waals surface area contributed by atoms with Crippen LogP contribution in [0.3, 0.4) is 0 Å². The lowest BCUT2D eigenvalue weighted by Crippen LogP contribution is -2.52. The molecule has 1 atom stereocenters. The molecule has 72 valence electrons. The van der Waals surface area contributed by atoms with Gasteiger partial charge in [0.05, 0.1) is 6.04 Å². The van der Waals surface area contributed by atoms with E-state index < -0.39 is 0 Å². The molecule has 0 spiro atoms. The molecule has 0 bridgehead atoms. The van der Waals surface area contributed by atoms with E-state index in [4.69, 9.17) is 0 Å². The number of hydrogen-bond donors (Lipinski definition) is 0. The number of amides is 1. The highest BCUT2D eigenvalue weighted by Crippen LogP contribution is 2.05. The minimum atomic E-state index is 0.0683. The molecule has 3 heteroatoms. The van der Waals surface area contributed by atoms with Crippen molar-refractivity contribution in [3.8, 4) is 0 Å². The molecule has 0 aromatic carbocycles. The molecular weight excluding hydrogens is 152 g/mol. The summed E-state index contributed by atoms with van der Waals surface area (Å²) in [5.74, 6) is 0.230.